The number of thioether (sulfide) groups is 1. The highest BCUT2D eigenvalue weighted by Gasteiger charge is 2.34. The molecule has 38 heavy (non-hydrogen) atoms. The fourth-order valence-electron chi connectivity index (χ4n) is 4.46. The molecule has 0 spiro atoms. The van der Waals surface area contributed by atoms with E-state index in [1.165, 1.54) is 23.9 Å². The maximum atomic E-state index is 12.9. The molecule has 0 N–H and O–H groups in total. The molecule has 1 aliphatic carbocycles. The third-order valence-corrected chi connectivity index (χ3v) is 7.91. The van der Waals surface area contributed by atoms with Crippen LogP contribution in [0.25, 0.3) is 0 Å². The smallest absolute Gasteiger partial charge is 0.497 e. The van der Waals surface area contributed by atoms with Crippen LogP contribution in [0.1, 0.15) is 60.1 Å². The highest BCUT2D eigenvalue weighted by atomic mass is 35.5. The van der Waals surface area contributed by atoms with E-state index in [2.05, 4.69) is 15.0 Å². The van der Waals surface area contributed by atoms with Crippen LogP contribution in [0.3, 0.4) is 0 Å². The molecule has 0 unspecified atom stereocenters. The van der Waals surface area contributed by atoms with Crippen LogP contribution in [0, 0.1) is 0 Å². The van der Waals surface area contributed by atoms with Crippen molar-refractivity contribution in [1.29, 1.82) is 0 Å². The first-order valence-corrected chi connectivity index (χ1v) is 13.4. The zero-order valence-corrected chi connectivity index (χ0v) is 22.4. The first-order valence-electron chi connectivity index (χ1n) is 12.1. The Morgan fingerprint density at radius 1 is 1.13 bits per heavy atom. The molecule has 0 aliphatic heterocycles. The predicted molar refractivity (Wildman–Crippen MR) is 137 cm³/mol. The first-order chi connectivity index (χ1) is 18.2. The number of halogens is 4. The Kier molecular flexibility index (Phi) is 9.09. The average molecular weight is 570 g/mol. The van der Waals surface area contributed by atoms with E-state index in [0.717, 1.165) is 11.3 Å². The normalized spacial score (nSPS) is 17.7. The molecule has 0 atom stereocenters. The van der Waals surface area contributed by atoms with Crippen molar-refractivity contribution in [1.82, 2.24) is 15.0 Å². The van der Waals surface area contributed by atoms with E-state index < -0.39 is 12.3 Å². The summed E-state index contributed by atoms with van der Waals surface area (Å²) < 4.78 is 55.1. The van der Waals surface area contributed by atoms with Crippen molar-refractivity contribution in [3.8, 4) is 11.5 Å². The summed E-state index contributed by atoms with van der Waals surface area (Å²) in [5.74, 6) is -0.161. The number of carbonyl (C=O) groups excluding carboxylic acids is 1. The summed E-state index contributed by atoms with van der Waals surface area (Å²) in [5.41, 5.74) is 1.56. The number of alkyl halides is 3. The molecule has 7 nitrogen and oxygen atoms in total. The SMILES string of the molecule is CCOC(=O)c1nnn(Cc2ccc(OC)cc2)c1S[C@H]1CC[C@H](c2cc(Cl)ccc2OC(F)(F)F)CC1. The van der Waals surface area contributed by atoms with Gasteiger partial charge in [-0.3, -0.25) is 0 Å². The van der Waals surface area contributed by atoms with Crippen molar-refractivity contribution in [2.45, 2.75) is 61.7 Å². The van der Waals surface area contributed by atoms with Gasteiger partial charge >= 0.3 is 12.3 Å². The zero-order valence-electron chi connectivity index (χ0n) is 20.8. The van der Waals surface area contributed by atoms with E-state index >= 15 is 0 Å². The highest BCUT2D eigenvalue weighted by Crippen LogP contribution is 2.44. The van der Waals surface area contributed by atoms with Crippen LogP contribution < -0.4 is 9.47 Å². The Morgan fingerprint density at radius 3 is 2.47 bits per heavy atom. The van der Waals surface area contributed by atoms with Gasteiger partial charge in [0.1, 0.15) is 16.5 Å². The largest absolute Gasteiger partial charge is 0.573 e. The molecule has 0 radical (unpaired) electrons. The molecular weight excluding hydrogens is 543 g/mol. The van der Waals surface area contributed by atoms with Gasteiger partial charge in [0.25, 0.3) is 0 Å². The van der Waals surface area contributed by atoms with E-state index in [-0.39, 0.29) is 29.2 Å². The number of benzene rings is 2. The summed E-state index contributed by atoms with van der Waals surface area (Å²) in [5, 5.41) is 9.39. The molecule has 1 aliphatic rings. The number of esters is 1. The minimum Gasteiger partial charge on any atom is -0.497 e. The predicted octanol–water partition coefficient (Wildman–Crippen LogP) is 6.88. The summed E-state index contributed by atoms with van der Waals surface area (Å²) in [6.45, 7) is 2.33. The Balaban J connectivity index is 1.50. The monoisotopic (exact) mass is 569 g/mol. The van der Waals surface area contributed by atoms with Crippen LogP contribution in [0.4, 0.5) is 13.2 Å². The van der Waals surface area contributed by atoms with Gasteiger partial charge in [0.15, 0.2) is 0 Å². The summed E-state index contributed by atoms with van der Waals surface area (Å²) in [7, 11) is 1.60. The quantitative estimate of drug-likeness (QED) is 0.260. The van der Waals surface area contributed by atoms with Crippen molar-refractivity contribution in [3.63, 3.8) is 0 Å². The van der Waals surface area contributed by atoms with E-state index in [0.29, 0.717) is 47.8 Å². The van der Waals surface area contributed by atoms with Gasteiger partial charge in [-0.2, -0.15) is 0 Å². The molecule has 3 aromatic rings. The Bertz CT molecular complexity index is 1250. The summed E-state index contributed by atoms with van der Waals surface area (Å²) in [4.78, 5) is 12.6. The molecule has 12 heteroatoms. The van der Waals surface area contributed by atoms with Gasteiger partial charge in [-0.25, -0.2) is 9.48 Å². The number of aromatic nitrogens is 3. The number of ether oxygens (including phenoxy) is 3. The van der Waals surface area contributed by atoms with Gasteiger partial charge in [-0.05, 0) is 80.0 Å². The number of hydrogen-bond donors (Lipinski definition) is 0. The van der Waals surface area contributed by atoms with Crippen molar-refractivity contribution >= 4 is 29.3 Å². The fourth-order valence-corrected chi connectivity index (χ4v) is 5.92. The zero-order chi connectivity index (χ0) is 27.3. The van der Waals surface area contributed by atoms with E-state index in [4.69, 9.17) is 21.1 Å². The van der Waals surface area contributed by atoms with Gasteiger partial charge in [-0.15, -0.1) is 30.0 Å². The highest BCUT2D eigenvalue weighted by molar-refractivity contribution is 7.99. The van der Waals surface area contributed by atoms with Crippen LogP contribution in [-0.2, 0) is 11.3 Å². The van der Waals surface area contributed by atoms with Crippen molar-refractivity contribution in [2.75, 3.05) is 13.7 Å². The molecule has 0 saturated heterocycles. The summed E-state index contributed by atoms with van der Waals surface area (Å²) >= 11 is 7.59. The second kappa shape index (κ2) is 12.3. The lowest BCUT2D eigenvalue weighted by Gasteiger charge is -2.29. The maximum Gasteiger partial charge on any atom is 0.573 e. The molecule has 4 rings (SSSR count). The molecule has 1 saturated carbocycles. The number of rotatable bonds is 9. The number of methoxy groups -OCH3 is 1. The van der Waals surface area contributed by atoms with Gasteiger partial charge in [-0.1, -0.05) is 28.9 Å². The molecule has 1 aromatic heterocycles. The van der Waals surface area contributed by atoms with Crippen molar-refractivity contribution < 1.29 is 32.2 Å². The molecule has 204 valence electrons. The van der Waals surface area contributed by atoms with E-state index in [1.807, 2.05) is 24.3 Å². The Hall–Kier alpha value is -2.92. The van der Waals surface area contributed by atoms with Gasteiger partial charge in [0, 0.05) is 10.3 Å². The van der Waals surface area contributed by atoms with Crippen LogP contribution >= 0.6 is 23.4 Å². The minimum absolute atomic E-state index is 0.110. The standard InChI is InChI=1S/C26H27ClF3N3O4S/c1-3-36-25(34)23-24(33(32-31-23)15-16-4-9-19(35-2)10-5-16)38-20-11-6-17(7-12-20)21-14-18(27)8-13-22(21)37-26(28,29)30/h4-5,8-10,13-14,17,20H,3,6-7,11-12,15H2,1-2H3/t17-,20-. The molecule has 0 bridgehead atoms. The van der Waals surface area contributed by atoms with Crippen LogP contribution in [0.2, 0.25) is 5.02 Å². The fraction of sp³-hybridized carbons (Fsp3) is 0.423. The molecule has 1 heterocycles. The lowest BCUT2D eigenvalue weighted by molar-refractivity contribution is -0.275. The molecular formula is C26H27ClF3N3O4S. The molecule has 1 fully saturated rings. The maximum absolute atomic E-state index is 12.9. The van der Waals surface area contributed by atoms with Crippen molar-refractivity contribution in [2.24, 2.45) is 0 Å². The third-order valence-electron chi connectivity index (χ3n) is 6.24. The lowest BCUT2D eigenvalue weighted by atomic mass is 9.83. The van der Waals surface area contributed by atoms with E-state index in [1.54, 1.807) is 24.8 Å². The van der Waals surface area contributed by atoms with Crippen molar-refractivity contribution in [3.05, 3.63) is 64.3 Å². The number of carbonyl (C=O) groups is 1. The summed E-state index contributed by atoms with van der Waals surface area (Å²) in [6.07, 6.45) is -2.08. The number of hydrogen-bond acceptors (Lipinski definition) is 7. The van der Waals surface area contributed by atoms with Gasteiger partial charge in [0.05, 0.1) is 20.3 Å². The van der Waals surface area contributed by atoms with Gasteiger partial charge < -0.3 is 14.2 Å². The summed E-state index contributed by atoms with van der Waals surface area (Å²) in [6, 6.07) is 11.7. The topological polar surface area (TPSA) is 75.5 Å². The number of nitrogens with zero attached hydrogens (tertiary/aromatic N) is 3. The van der Waals surface area contributed by atoms with Gasteiger partial charge in [0.2, 0.25) is 5.69 Å². The Morgan fingerprint density at radius 2 is 1.84 bits per heavy atom. The molecule has 2 aromatic carbocycles. The lowest BCUT2D eigenvalue weighted by Crippen LogP contribution is -2.21. The average Bonchev–Trinajstić information content (AvgIpc) is 3.27. The van der Waals surface area contributed by atoms with Crippen LogP contribution in [0.5, 0.6) is 11.5 Å². The second-order valence-electron chi connectivity index (χ2n) is 8.79. The van der Waals surface area contributed by atoms with Crippen LogP contribution in [0.15, 0.2) is 47.5 Å². The van der Waals surface area contributed by atoms with Crippen LogP contribution in [-0.4, -0.2) is 46.3 Å². The Labute approximate surface area is 227 Å². The minimum atomic E-state index is -4.78. The van der Waals surface area contributed by atoms with E-state index in [9.17, 15) is 18.0 Å². The first kappa shape index (κ1) is 28.1. The third kappa shape index (κ3) is 7.13. The second-order valence-corrected chi connectivity index (χ2v) is 10.5. The molecule has 0 amide bonds.